The van der Waals surface area contributed by atoms with Crippen LogP contribution in [0.2, 0.25) is 0 Å². The molecule has 0 saturated carbocycles. The summed E-state index contributed by atoms with van der Waals surface area (Å²) >= 11 is 2.98. The Morgan fingerprint density at radius 2 is 2.17 bits per heavy atom. The minimum absolute atomic E-state index is 0.104. The van der Waals surface area contributed by atoms with Gasteiger partial charge in [-0.25, -0.2) is 0 Å². The number of furan rings is 1. The van der Waals surface area contributed by atoms with E-state index in [9.17, 15) is 9.90 Å². The molecule has 23 heavy (non-hydrogen) atoms. The Kier molecular flexibility index (Phi) is 4.39. The van der Waals surface area contributed by atoms with Crippen molar-refractivity contribution in [2.75, 3.05) is 6.54 Å². The molecule has 0 fully saturated rings. The van der Waals surface area contributed by atoms with Gasteiger partial charge >= 0.3 is 0 Å². The lowest BCUT2D eigenvalue weighted by Gasteiger charge is -2.26. The van der Waals surface area contributed by atoms with Crippen molar-refractivity contribution in [2.24, 2.45) is 0 Å². The first kappa shape index (κ1) is 16.0. The predicted octanol–water partition coefficient (Wildman–Crippen LogP) is 3.69. The van der Waals surface area contributed by atoms with Gasteiger partial charge in [0.25, 0.3) is 5.91 Å². The van der Waals surface area contributed by atoms with E-state index in [0.29, 0.717) is 17.1 Å². The van der Waals surface area contributed by atoms with Gasteiger partial charge in [0.2, 0.25) is 0 Å². The third-order valence-electron chi connectivity index (χ3n) is 3.72. The maximum absolute atomic E-state index is 12.4. The second-order valence-corrected chi connectivity index (χ2v) is 7.09. The second kappa shape index (κ2) is 6.31. The topological polar surface area (TPSA) is 62.5 Å². The van der Waals surface area contributed by atoms with E-state index < -0.39 is 5.60 Å². The monoisotopic (exact) mass is 347 g/mol. The zero-order valence-electron chi connectivity index (χ0n) is 12.8. The SMILES string of the molecule is Cc1cc(C(=O)NC[C@](O)(c2ccsc2)c2cccs2)c(C)o1. The van der Waals surface area contributed by atoms with Crippen molar-refractivity contribution in [3.63, 3.8) is 0 Å². The summed E-state index contributed by atoms with van der Waals surface area (Å²) in [5, 5.41) is 19.7. The molecule has 4 nitrogen and oxygen atoms in total. The average Bonchev–Trinajstić information content (AvgIpc) is 3.26. The first-order valence-electron chi connectivity index (χ1n) is 7.15. The van der Waals surface area contributed by atoms with Crippen molar-refractivity contribution < 1.29 is 14.3 Å². The summed E-state index contributed by atoms with van der Waals surface area (Å²) < 4.78 is 5.39. The van der Waals surface area contributed by atoms with Gasteiger partial charge in [0.05, 0.1) is 12.1 Å². The number of aliphatic hydroxyl groups is 1. The minimum Gasteiger partial charge on any atom is -0.466 e. The molecule has 0 aliphatic rings. The second-order valence-electron chi connectivity index (χ2n) is 5.36. The van der Waals surface area contributed by atoms with Gasteiger partial charge in [0.1, 0.15) is 17.1 Å². The number of amides is 1. The molecule has 0 aromatic carbocycles. The Balaban J connectivity index is 1.83. The lowest BCUT2D eigenvalue weighted by atomic mass is 9.94. The number of aryl methyl sites for hydroxylation is 2. The van der Waals surface area contributed by atoms with Crippen LogP contribution in [0.5, 0.6) is 0 Å². The van der Waals surface area contributed by atoms with E-state index in [1.807, 2.05) is 34.3 Å². The van der Waals surface area contributed by atoms with Gasteiger partial charge in [-0.1, -0.05) is 6.07 Å². The Bertz CT molecular complexity index is 754. The Labute approximate surface area is 142 Å². The molecule has 2 N–H and O–H groups in total. The van der Waals surface area contributed by atoms with E-state index in [2.05, 4.69) is 5.32 Å². The van der Waals surface area contributed by atoms with Crippen LogP contribution in [-0.4, -0.2) is 17.6 Å². The summed E-state index contributed by atoms with van der Waals surface area (Å²) in [6.45, 7) is 3.66. The number of nitrogens with one attached hydrogen (secondary N) is 1. The quantitative estimate of drug-likeness (QED) is 0.740. The minimum atomic E-state index is -1.23. The van der Waals surface area contributed by atoms with Crippen LogP contribution in [0.3, 0.4) is 0 Å². The molecule has 0 aliphatic heterocycles. The Morgan fingerprint density at radius 1 is 1.35 bits per heavy atom. The highest BCUT2D eigenvalue weighted by molar-refractivity contribution is 7.10. The van der Waals surface area contributed by atoms with Crippen LogP contribution in [0.1, 0.15) is 32.3 Å². The summed E-state index contributed by atoms with van der Waals surface area (Å²) in [5.41, 5.74) is 0.0583. The van der Waals surface area contributed by atoms with Crippen molar-refractivity contribution >= 4 is 28.6 Å². The molecule has 3 rings (SSSR count). The molecule has 0 radical (unpaired) electrons. The number of carbonyl (C=O) groups is 1. The van der Waals surface area contributed by atoms with Gasteiger partial charge in [-0.15, -0.1) is 11.3 Å². The maximum atomic E-state index is 12.4. The summed E-state index contributed by atoms with van der Waals surface area (Å²) in [6, 6.07) is 7.35. The molecule has 1 atom stereocenters. The van der Waals surface area contributed by atoms with Gasteiger partial charge in [-0.2, -0.15) is 11.3 Å². The Morgan fingerprint density at radius 3 is 2.74 bits per heavy atom. The largest absolute Gasteiger partial charge is 0.466 e. The molecule has 1 amide bonds. The molecule has 0 spiro atoms. The number of rotatable bonds is 5. The predicted molar refractivity (Wildman–Crippen MR) is 92.2 cm³/mol. The van der Waals surface area contributed by atoms with E-state index in [1.165, 1.54) is 22.7 Å². The van der Waals surface area contributed by atoms with Crippen molar-refractivity contribution in [1.82, 2.24) is 5.32 Å². The molecule has 0 aliphatic carbocycles. The smallest absolute Gasteiger partial charge is 0.254 e. The van der Waals surface area contributed by atoms with E-state index in [1.54, 1.807) is 19.9 Å². The highest BCUT2D eigenvalue weighted by Gasteiger charge is 2.34. The van der Waals surface area contributed by atoms with Crippen molar-refractivity contribution in [1.29, 1.82) is 0 Å². The van der Waals surface area contributed by atoms with Gasteiger partial charge in [-0.05, 0) is 48.2 Å². The molecule has 0 saturated heterocycles. The molecule has 0 unspecified atom stereocenters. The van der Waals surface area contributed by atoms with E-state index in [0.717, 1.165) is 10.4 Å². The summed E-state index contributed by atoms with van der Waals surface area (Å²) in [7, 11) is 0. The van der Waals surface area contributed by atoms with Crippen LogP contribution in [0, 0.1) is 13.8 Å². The van der Waals surface area contributed by atoms with Crippen LogP contribution in [0.25, 0.3) is 0 Å². The zero-order valence-corrected chi connectivity index (χ0v) is 14.5. The molecule has 3 aromatic heterocycles. The van der Waals surface area contributed by atoms with E-state index in [-0.39, 0.29) is 12.5 Å². The fourth-order valence-electron chi connectivity index (χ4n) is 2.50. The van der Waals surface area contributed by atoms with Gasteiger partial charge in [0.15, 0.2) is 0 Å². The Hall–Kier alpha value is -1.89. The molecule has 3 aromatic rings. The lowest BCUT2D eigenvalue weighted by molar-refractivity contribution is 0.0720. The molecular formula is C17H17NO3S2. The highest BCUT2D eigenvalue weighted by Crippen LogP contribution is 2.33. The van der Waals surface area contributed by atoms with Crippen LogP contribution in [0.4, 0.5) is 0 Å². The fourth-order valence-corrected chi connectivity index (χ4v) is 4.07. The van der Waals surface area contributed by atoms with Crippen LogP contribution >= 0.6 is 22.7 Å². The fraction of sp³-hybridized carbons (Fsp3) is 0.235. The molecule has 120 valence electrons. The van der Waals surface area contributed by atoms with Gasteiger partial charge < -0.3 is 14.8 Å². The average molecular weight is 347 g/mol. The first-order chi connectivity index (χ1) is 11.0. The van der Waals surface area contributed by atoms with Crippen LogP contribution in [-0.2, 0) is 5.60 Å². The van der Waals surface area contributed by atoms with Crippen LogP contribution < -0.4 is 5.32 Å². The normalized spacial score (nSPS) is 13.7. The number of carbonyl (C=O) groups excluding carboxylic acids is 1. The van der Waals surface area contributed by atoms with Crippen molar-refractivity contribution in [3.05, 3.63) is 67.9 Å². The molecular weight excluding hydrogens is 330 g/mol. The lowest BCUT2D eigenvalue weighted by Crippen LogP contribution is -2.41. The van der Waals surface area contributed by atoms with E-state index >= 15 is 0 Å². The van der Waals surface area contributed by atoms with Crippen LogP contribution in [0.15, 0.2) is 44.8 Å². The molecule has 0 bridgehead atoms. The molecule has 3 heterocycles. The zero-order chi connectivity index (χ0) is 16.4. The van der Waals surface area contributed by atoms with Crippen molar-refractivity contribution in [2.45, 2.75) is 19.4 Å². The molecule has 6 heteroatoms. The number of thiophene rings is 2. The first-order valence-corrected chi connectivity index (χ1v) is 8.97. The number of hydrogen-bond acceptors (Lipinski definition) is 5. The summed E-state index contributed by atoms with van der Waals surface area (Å²) in [4.78, 5) is 13.2. The maximum Gasteiger partial charge on any atom is 0.254 e. The standard InChI is InChI=1S/C17H17NO3S2/c1-11-8-14(12(2)21-11)16(19)18-10-17(20,13-5-7-22-9-13)15-4-3-6-23-15/h3-9,20H,10H2,1-2H3,(H,18,19)/t17-/m0/s1. The summed E-state index contributed by atoms with van der Waals surface area (Å²) in [6.07, 6.45) is 0. The van der Waals surface area contributed by atoms with Crippen molar-refractivity contribution in [3.8, 4) is 0 Å². The summed E-state index contributed by atoms with van der Waals surface area (Å²) in [5.74, 6) is 1.03. The number of hydrogen-bond donors (Lipinski definition) is 2. The highest BCUT2D eigenvalue weighted by atomic mass is 32.1. The van der Waals surface area contributed by atoms with Gasteiger partial charge in [0, 0.05) is 10.4 Å². The third kappa shape index (κ3) is 3.10. The van der Waals surface area contributed by atoms with E-state index in [4.69, 9.17) is 4.42 Å². The van der Waals surface area contributed by atoms with Gasteiger partial charge in [-0.3, -0.25) is 4.79 Å². The third-order valence-corrected chi connectivity index (χ3v) is 5.42.